The van der Waals surface area contributed by atoms with Crippen LogP contribution in [0.3, 0.4) is 0 Å². The Morgan fingerprint density at radius 2 is 1.69 bits per heavy atom. The van der Waals surface area contributed by atoms with Gasteiger partial charge >= 0.3 is 6.03 Å². The van der Waals surface area contributed by atoms with Gasteiger partial charge in [0.15, 0.2) is 0 Å². The predicted octanol–water partition coefficient (Wildman–Crippen LogP) is 5.63. The van der Waals surface area contributed by atoms with Crippen molar-refractivity contribution in [3.63, 3.8) is 0 Å². The number of rotatable bonds is 5. The standard InChI is InChI=1S/C27H22F2N6O/c1-34-14-19(12-30-34)16-2-7-26-24(13-31-35(26)15-16)18-8-17(23-6-3-20(28)11-25(23)29)9-22(10-18)33-27(36)32-21-4-5-21/h2-3,6-15,21H,4-5H2,1H3,(H2,32,33,36). The number of anilines is 1. The first kappa shape index (κ1) is 22.0. The summed E-state index contributed by atoms with van der Waals surface area (Å²) in [5.41, 5.74) is 5.57. The molecule has 3 heterocycles. The normalized spacial score (nSPS) is 13.2. The molecule has 2 amide bonds. The van der Waals surface area contributed by atoms with Crippen LogP contribution in [0.2, 0.25) is 0 Å². The van der Waals surface area contributed by atoms with E-state index < -0.39 is 11.6 Å². The molecule has 0 aliphatic heterocycles. The van der Waals surface area contributed by atoms with Gasteiger partial charge in [0.1, 0.15) is 11.6 Å². The fourth-order valence-corrected chi connectivity index (χ4v) is 4.26. The highest BCUT2D eigenvalue weighted by Gasteiger charge is 2.23. The molecule has 0 radical (unpaired) electrons. The van der Waals surface area contributed by atoms with E-state index in [4.69, 9.17) is 0 Å². The number of benzene rings is 2. The number of amides is 2. The number of nitrogens with one attached hydrogen (secondary N) is 2. The Kier molecular flexibility index (Phi) is 5.25. The second kappa shape index (κ2) is 8.60. The molecule has 36 heavy (non-hydrogen) atoms. The number of nitrogens with zero attached hydrogens (tertiary/aromatic N) is 4. The van der Waals surface area contributed by atoms with Gasteiger partial charge in [0.25, 0.3) is 0 Å². The topological polar surface area (TPSA) is 76.2 Å². The first-order valence-electron chi connectivity index (χ1n) is 11.6. The highest BCUT2D eigenvalue weighted by atomic mass is 19.1. The Morgan fingerprint density at radius 3 is 2.42 bits per heavy atom. The van der Waals surface area contributed by atoms with E-state index in [9.17, 15) is 13.6 Å². The highest BCUT2D eigenvalue weighted by Crippen LogP contribution is 2.34. The Labute approximate surface area is 205 Å². The summed E-state index contributed by atoms with van der Waals surface area (Å²) in [5.74, 6) is -1.33. The zero-order valence-electron chi connectivity index (χ0n) is 19.4. The number of halogens is 2. The molecule has 7 nitrogen and oxygen atoms in total. The second-order valence-corrected chi connectivity index (χ2v) is 9.00. The first-order valence-corrected chi connectivity index (χ1v) is 11.6. The number of hydrogen-bond acceptors (Lipinski definition) is 3. The van der Waals surface area contributed by atoms with Crippen LogP contribution in [0.25, 0.3) is 38.9 Å². The summed E-state index contributed by atoms with van der Waals surface area (Å²) in [4.78, 5) is 12.4. The molecule has 0 spiro atoms. The van der Waals surface area contributed by atoms with Crippen LogP contribution in [0.4, 0.5) is 19.3 Å². The van der Waals surface area contributed by atoms with Gasteiger partial charge in [-0.25, -0.2) is 18.1 Å². The number of carbonyl (C=O) groups is 1. The van der Waals surface area contributed by atoms with Gasteiger partial charge in [-0.2, -0.15) is 10.2 Å². The average molecular weight is 485 g/mol. The zero-order valence-corrected chi connectivity index (χ0v) is 19.4. The van der Waals surface area contributed by atoms with E-state index in [0.29, 0.717) is 11.3 Å². The van der Waals surface area contributed by atoms with Gasteiger partial charge < -0.3 is 10.6 Å². The van der Waals surface area contributed by atoms with E-state index >= 15 is 0 Å². The van der Waals surface area contributed by atoms with Crippen LogP contribution < -0.4 is 10.6 Å². The van der Waals surface area contributed by atoms with Crippen molar-refractivity contribution in [3.05, 3.63) is 85.0 Å². The van der Waals surface area contributed by atoms with Crippen molar-refractivity contribution in [2.75, 3.05) is 5.32 Å². The largest absolute Gasteiger partial charge is 0.335 e. The lowest BCUT2D eigenvalue weighted by atomic mass is 9.98. The number of carbonyl (C=O) groups excluding carboxylic acids is 1. The summed E-state index contributed by atoms with van der Waals surface area (Å²) in [7, 11) is 1.86. The van der Waals surface area contributed by atoms with Crippen molar-refractivity contribution in [1.29, 1.82) is 0 Å². The zero-order chi connectivity index (χ0) is 24.8. The molecule has 180 valence electrons. The predicted molar refractivity (Wildman–Crippen MR) is 133 cm³/mol. The molecule has 1 saturated carbocycles. The maximum Gasteiger partial charge on any atom is 0.319 e. The lowest BCUT2D eigenvalue weighted by Crippen LogP contribution is -2.30. The summed E-state index contributed by atoms with van der Waals surface area (Å²) in [6, 6.07) is 12.6. The summed E-state index contributed by atoms with van der Waals surface area (Å²) >= 11 is 0. The van der Waals surface area contributed by atoms with E-state index in [1.807, 2.05) is 43.7 Å². The van der Waals surface area contributed by atoms with Crippen LogP contribution in [0.15, 0.2) is 73.3 Å². The minimum absolute atomic E-state index is 0.191. The molecule has 9 heteroatoms. The van der Waals surface area contributed by atoms with Crippen LogP contribution in [0.5, 0.6) is 0 Å². The molecule has 0 bridgehead atoms. The van der Waals surface area contributed by atoms with Crippen LogP contribution >= 0.6 is 0 Å². The molecule has 1 aliphatic carbocycles. The van der Waals surface area contributed by atoms with Gasteiger partial charge in [-0.05, 0) is 60.4 Å². The monoisotopic (exact) mass is 484 g/mol. The van der Waals surface area contributed by atoms with Crippen LogP contribution in [0, 0.1) is 11.6 Å². The quantitative estimate of drug-likeness (QED) is 0.339. The Hall–Kier alpha value is -4.53. The van der Waals surface area contributed by atoms with E-state index in [1.54, 1.807) is 27.7 Å². The lowest BCUT2D eigenvalue weighted by molar-refractivity contribution is 0.251. The van der Waals surface area contributed by atoms with Crippen molar-refractivity contribution in [3.8, 4) is 33.4 Å². The SMILES string of the molecule is Cn1cc(-c2ccc3c(-c4cc(NC(=O)NC5CC5)cc(-c5ccc(F)cc5F)c4)cnn3c2)cn1. The summed E-state index contributed by atoms with van der Waals surface area (Å²) < 4.78 is 31.7. The fraction of sp³-hybridized carbons (Fsp3) is 0.148. The molecule has 3 aromatic heterocycles. The molecular weight excluding hydrogens is 462 g/mol. The second-order valence-electron chi connectivity index (χ2n) is 9.00. The molecular formula is C27H22F2N6O. The van der Waals surface area contributed by atoms with Crippen molar-refractivity contribution in [1.82, 2.24) is 24.7 Å². The number of urea groups is 1. The maximum atomic E-state index is 14.7. The molecule has 2 N–H and O–H groups in total. The van der Waals surface area contributed by atoms with E-state index in [2.05, 4.69) is 20.8 Å². The van der Waals surface area contributed by atoms with E-state index in [0.717, 1.165) is 46.7 Å². The molecule has 0 saturated heterocycles. The number of hydrogen-bond donors (Lipinski definition) is 2. The van der Waals surface area contributed by atoms with Crippen LogP contribution in [-0.2, 0) is 7.05 Å². The van der Waals surface area contributed by atoms with Crippen molar-refractivity contribution >= 4 is 17.2 Å². The number of fused-ring (bicyclic) bond motifs is 1. The Bertz CT molecular complexity index is 1620. The van der Waals surface area contributed by atoms with Gasteiger partial charge in [-0.3, -0.25) is 4.68 Å². The first-order chi connectivity index (χ1) is 17.4. The van der Waals surface area contributed by atoms with Crippen LogP contribution in [0.1, 0.15) is 12.8 Å². The number of pyridine rings is 1. The smallest absolute Gasteiger partial charge is 0.319 e. The van der Waals surface area contributed by atoms with Gasteiger partial charge in [0.2, 0.25) is 0 Å². The molecule has 0 atom stereocenters. The van der Waals surface area contributed by atoms with Gasteiger partial charge in [0.05, 0.1) is 17.9 Å². The van der Waals surface area contributed by atoms with Crippen molar-refractivity contribution in [2.24, 2.45) is 7.05 Å². The molecule has 5 aromatic rings. The van der Waals surface area contributed by atoms with Gasteiger partial charge in [-0.15, -0.1) is 0 Å². The van der Waals surface area contributed by atoms with Gasteiger partial charge in [0, 0.05) is 59.5 Å². The fourth-order valence-electron chi connectivity index (χ4n) is 4.26. The molecule has 2 aromatic carbocycles. The molecule has 1 aliphatic rings. The minimum atomic E-state index is -0.679. The molecule has 0 unspecified atom stereocenters. The minimum Gasteiger partial charge on any atom is -0.335 e. The highest BCUT2D eigenvalue weighted by molar-refractivity contribution is 5.93. The van der Waals surface area contributed by atoms with Crippen molar-refractivity contribution < 1.29 is 13.6 Å². The summed E-state index contributed by atoms with van der Waals surface area (Å²) in [6.45, 7) is 0. The van der Waals surface area contributed by atoms with Gasteiger partial charge in [-0.1, -0.05) is 6.07 Å². The Balaban J connectivity index is 1.43. The number of aromatic nitrogens is 4. The maximum absolute atomic E-state index is 14.7. The summed E-state index contributed by atoms with van der Waals surface area (Å²) in [5, 5.41) is 14.5. The number of aryl methyl sites for hydroxylation is 1. The van der Waals surface area contributed by atoms with E-state index in [-0.39, 0.29) is 17.6 Å². The molecule has 1 fully saturated rings. The third-order valence-electron chi connectivity index (χ3n) is 6.21. The molecule has 6 rings (SSSR count). The average Bonchev–Trinajstić information content (AvgIpc) is 3.38. The third-order valence-corrected chi connectivity index (χ3v) is 6.21. The van der Waals surface area contributed by atoms with Crippen molar-refractivity contribution in [2.45, 2.75) is 18.9 Å². The third kappa shape index (κ3) is 4.31. The van der Waals surface area contributed by atoms with E-state index in [1.165, 1.54) is 12.1 Å². The van der Waals surface area contributed by atoms with Crippen LogP contribution in [-0.4, -0.2) is 31.5 Å². The summed E-state index contributed by atoms with van der Waals surface area (Å²) in [6.07, 6.45) is 9.29. The lowest BCUT2D eigenvalue weighted by Gasteiger charge is -2.12. The Morgan fingerprint density at radius 1 is 0.889 bits per heavy atom.